The van der Waals surface area contributed by atoms with Crippen molar-refractivity contribution in [1.29, 1.82) is 0 Å². The maximum atomic E-state index is 13.9. The summed E-state index contributed by atoms with van der Waals surface area (Å²) in [6.07, 6.45) is 15.9. The summed E-state index contributed by atoms with van der Waals surface area (Å²) in [5.74, 6) is -0.273. The highest BCUT2D eigenvalue weighted by Crippen LogP contribution is 2.42. The number of methoxy groups -OCH3 is 1. The molecule has 222 valence electrons. The Bertz CT molecular complexity index is 1920. The van der Waals surface area contributed by atoms with Crippen molar-refractivity contribution < 1.29 is 9.53 Å². The van der Waals surface area contributed by atoms with Crippen LogP contribution in [0.5, 0.6) is 6.01 Å². The molecule has 1 atom stereocenters. The van der Waals surface area contributed by atoms with Crippen LogP contribution >= 0.6 is 11.6 Å². The third kappa shape index (κ3) is 5.31. The summed E-state index contributed by atoms with van der Waals surface area (Å²) >= 11 is 6.67. The van der Waals surface area contributed by atoms with Crippen molar-refractivity contribution in [2.75, 3.05) is 7.11 Å². The first-order chi connectivity index (χ1) is 21.3. The van der Waals surface area contributed by atoms with Crippen LogP contribution in [0, 0.1) is 6.92 Å². The van der Waals surface area contributed by atoms with Crippen LogP contribution in [-0.4, -0.2) is 47.9 Å². The Morgan fingerprint density at radius 2 is 1.89 bits per heavy atom. The second-order valence-corrected chi connectivity index (χ2v) is 11.3. The molecule has 4 heterocycles. The van der Waals surface area contributed by atoms with E-state index in [0.717, 1.165) is 44.5 Å². The molecule has 1 amide bonds. The number of amides is 1. The molecule has 9 nitrogen and oxygen atoms in total. The zero-order chi connectivity index (χ0) is 30.8. The zero-order valence-corrected chi connectivity index (χ0v) is 25.5. The molecule has 0 spiro atoms. The molecule has 3 aromatic heterocycles. The number of hydrogen-bond donors (Lipinski definition) is 1. The number of nitrogens with one attached hydrogen (secondary N) is 1. The third-order valence-corrected chi connectivity index (χ3v) is 8.44. The predicted molar refractivity (Wildman–Crippen MR) is 172 cm³/mol. The molecule has 6 rings (SSSR count). The van der Waals surface area contributed by atoms with E-state index < -0.39 is 5.54 Å². The lowest BCUT2D eigenvalue weighted by molar-refractivity contribution is 0.0896. The highest BCUT2D eigenvalue weighted by Gasteiger charge is 2.40. The molecule has 0 saturated carbocycles. The normalized spacial score (nSPS) is 16.5. The number of aromatic nitrogens is 6. The van der Waals surface area contributed by atoms with Gasteiger partial charge in [0.05, 0.1) is 29.8 Å². The number of hydrogen-bond acceptors (Lipinski definition) is 6. The average Bonchev–Trinajstić information content (AvgIpc) is 3.67. The molecule has 1 N–H and O–H groups in total. The lowest BCUT2D eigenvalue weighted by atomic mass is 9.81. The van der Waals surface area contributed by atoms with Gasteiger partial charge in [0.2, 0.25) is 0 Å². The molecule has 2 aromatic carbocycles. The molecule has 0 bridgehead atoms. The molecule has 0 radical (unpaired) electrons. The summed E-state index contributed by atoms with van der Waals surface area (Å²) in [4.78, 5) is 22.7. The Balaban J connectivity index is 1.42. The summed E-state index contributed by atoms with van der Waals surface area (Å²) < 4.78 is 9.23. The number of halogens is 1. The third-order valence-electron chi connectivity index (χ3n) is 8.13. The minimum Gasteiger partial charge on any atom is -0.467 e. The topological polar surface area (TPSA) is 99.8 Å². The van der Waals surface area contributed by atoms with Crippen molar-refractivity contribution in [3.05, 3.63) is 120 Å². The number of aryl methyl sites for hydroxylation is 1. The molecule has 44 heavy (non-hydrogen) atoms. The van der Waals surface area contributed by atoms with E-state index in [1.54, 1.807) is 48.9 Å². The Morgan fingerprint density at radius 1 is 1.11 bits per heavy atom. The van der Waals surface area contributed by atoms with Gasteiger partial charge in [-0.1, -0.05) is 54.1 Å². The predicted octanol–water partition coefficient (Wildman–Crippen LogP) is 6.45. The fraction of sp³-hybridized carbons (Fsp3) is 0.206. The highest BCUT2D eigenvalue weighted by molar-refractivity contribution is 6.34. The second-order valence-electron chi connectivity index (χ2n) is 10.9. The monoisotopic (exact) mass is 605 g/mol. The Morgan fingerprint density at radius 3 is 2.59 bits per heavy atom. The summed E-state index contributed by atoms with van der Waals surface area (Å²) in [6.45, 7) is 8.99. The molecule has 0 fully saturated rings. The number of allylic oxidation sites excluding steroid dienone is 3. The van der Waals surface area contributed by atoms with Crippen LogP contribution in [0.4, 0.5) is 0 Å². The Hall–Kier alpha value is -5.02. The van der Waals surface area contributed by atoms with E-state index >= 15 is 0 Å². The minimum atomic E-state index is -0.775. The van der Waals surface area contributed by atoms with E-state index in [-0.39, 0.29) is 5.91 Å². The van der Waals surface area contributed by atoms with Crippen molar-refractivity contribution in [1.82, 2.24) is 34.6 Å². The summed E-state index contributed by atoms with van der Waals surface area (Å²) in [5.41, 5.74) is 6.55. The first-order valence-electron chi connectivity index (χ1n) is 14.3. The van der Waals surface area contributed by atoms with Crippen LogP contribution < -0.4 is 10.1 Å². The minimum absolute atomic E-state index is 0.273. The fourth-order valence-electron chi connectivity index (χ4n) is 5.87. The van der Waals surface area contributed by atoms with Gasteiger partial charge < -0.3 is 14.6 Å². The summed E-state index contributed by atoms with van der Waals surface area (Å²) in [5, 5.41) is 12.5. The van der Waals surface area contributed by atoms with Crippen LogP contribution in [0.3, 0.4) is 0 Å². The van der Waals surface area contributed by atoms with Gasteiger partial charge in [-0.25, -0.2) is 9.97 Å². The van der Waals surface area contributed by atoms with Crippen LogP contribution in [0.15, 0.2) is 97.9 Å². The van der Waals surface area contributed by atoms with Gasteiger partial charge in [-0.15, -0.1) is 10.2 Å². The van der Waals surface area contributed by atoms with Gasteiger partial charge in [0.25, 0.3) is 5.91 Å². The first-order valence-corrected chi connectivity index (χ1v) is 14.7. The molecule has 0 saturated heterocycles. The molecule has 1 aliphatic heterocycles. The maximum Gasteiger partial charge on any atom is 0.316 e. The van der Waals surface area contributed by atoms with E-state index in [2.05, 4.69) is 61.8 Å². The number of benzene rings is 2. The molecular weight excluding hydrogens is 574 g/mol. The standard InChI is InChI=1S/C34H32ClN7O2/c1-5-6-7-8-23(3)34(40-32(43)26-11-10-25(16-28(26)35)41-20-38-39-21-41)14-13-30-31(24-17-36-33(44-4)37-18-24)27-15-22(2)9-12-29(27)42(30)19-34/h5-12,15-18,20-21H,3,13-14,19H2,1-2,4H3,(H,40,43)/b6-5-,8-7-/t34-/m1/s1. The van der Waals surface area contributed by atoms with E-state index in [1.165, 1.54) is 0 Å². The number of nitrogens with zero attached hydrogens (tertiary/aromatic N) is 6. The van der Waals surface area contributed by atoms with Crippen LogP contribution in [0.1, 0.15) is 35.0 Å². The first kappa shape index (κ1) is 29.1. The van der Waals surface area contributed by atoms with E-state index in [0.29, 0.717) is 36.0 Å². The molecular formula is C34H32ClN7O2. The van der Waals surface area contributed by atoms with Gasteiger partial charge >= 0.3 is 6.01 Å². The van der Waals surface area contributed by atoms with Crippen molar-refractivity contribution in [3.63, 3.8) is 0 Å². The van der Waals surface area contributed by atoms with E-state index in [9.17, 15) is 4.79 Å². The van der Waals surface area contributed by atoms with Crippen LogP contribution in [0.25, 0.3) is 27.7 Å². The van der Waals surface area contributed by atoms with Gasteiger partial charge in [0.15, 0.2) is 0 Å². The SMILES string of the molecule is C=C(/C=C\C=C/C)[C@@]1(NC(=O)c2ccc(-n3cnnc3)cc2Cl)CCc2c(-c3cnc(OC)nc3)c3cc(C)ccc3n2C1. The van der Waals surface area contributed by atoms with E-state index in [4.69, 9.17) is 16.3 Å². The molecule has 5 aromatic rings. The summed E-state index contributed by atoms with van der Waals surface area (Å²) in [7, 11) is 1.55. The van der Waals surface area contributed by atoms with Gasteiger partial charge in [-0.3, -0.25) is 9.36 Å². The smallest absolute Gasteiger partial charge is 0.316 e. The lowest BCUT2D eigenvalue weighted by Gasteiger charge is -2.40. The molecule has 10 heteroatoms. The lowest BCUT2D eigenvalue weighted by Crippen LogP contribution is -2.54. The van der Waals surface area contributed by atoms with Crippen molar-refractivity contribution in [2.45, 2.75) is 38.8 Å². The number of rotatable bonds is 8. The van der Waals surface area contributed by atoms with Crippen molar-refractivity contribution in [3.8, 4) is 22.8 Å². The van der Waals surface area contributed by atoms with Crippen molar-refractivity contribution >= 4 is 28.4 Å². The van der Waals surface area contributed by atoms with E-state index in [1.807, 2.05) is 37.3 Å². The average molecular weight is 606 g/mol. The maximum absolute atomic E-state index is 13.9. The largest absolute Gasteiger partial charge is 0.467 e. The second kappa shape index (κ2) is 11.9. The van der Waals surface area contributed by atoms with Gasteiger partial charge in [0.1, 0.15) is 12.7 Å². The number of fused-ring (bicyclic) bond motifs is 3. The molecule has 0 unspecified atom stereocenters. The quantitative estimate of drug-likeness (QED) is 0.204. The van der Waals surface area contributed by atoms with Crippen molar-refractivity contribution in [2.24, 2.45) is 0 Å². The molecule has 1 aliphatic rings. The molecule has 0 aliphatic carbocycles. The zero-order valence-electron chi connectivity index (χ0n) is 24.8. The number of carbonyl (C=O) groups excluding carboxylic acids is 1. The Kier molecular flexibility index (Phi) is 7.88. The fourth-order valence-corrected chi connectivity index (χ4v) is 6.13. The highest BCUT2D eigenvalue weighted by atomic mass is 35.5. The number of carbonyl (C=O) groups is 1. The van der Waals surface area contributed by atoms with Crippen LogP contribution in [-0.2, 0) is 13.0 Å². The Labute approximate surface area is 260 Å². The van der Waals surface area contributed by atoms with Gasteiger partial charge in [-0.05, 0) is 62.6 Å². The summed E-state index contributed by atoms with van der Waals surface area (Å²) in [6, 6.07) is 12.0. The van der Waals surface area contributed by atoms with Gasteiger partial charge in [0, 0.05) is 45.8 Å². The van der Waals surface area contributed by atoms with Gasteiger partial charge in [-0.2, -0.15) is 0 Å². The number of ether oxygens (including phenoxy) is 1. The van der Waals surface area contributed by atoms with Crippen LogP contribution in [0.2, 0.25) is 5.02 Å².